The molecule has 1 aromatic rings. The first-order chi connectivity index (χ1) is 7.33. The van der Waals surface area contributed by atoms with Crippen LogP contribution in [0.25, 0.3) is 0 Å². The van der Waals surface area contributed by atoms with Crippen LogP contribution in [0.4, 0.5) is 0 Å². The predicted octanol–water partition coefficient (Wildman–Crippen LogP) is 0.0261. The van der Waals surface area contributed by atoms with Crippen LogP contribution in [0.15, 0.2) is 12.4 Å². The molecule has 0 radical (unpaired) electrons. The highest BCUT2D eigenvalue weighted by Crippen LogP contribution is 2.18. The Morgan fingerprint density at radius 3 is 2.80 bits per heavy atom. The van der Waals surface area contributed by atoms with E-state index in [-0.39, 0.29) is 6.04 Å². The van der Waals surface area contributed by atoms with Crippen LogP contribution in [0, 0.1) is 0 Å². The summed E-state index contributed by atoms with van der Waals surface area (Å²) in [5, 5.41) is 0. The second-order valence-corrected chi connectivity index (χ2v) is 2.83. The summed E-state index contributed by atoms with van der Waals surface area (Å²) in [6.07, 6.45) is 3.16. The Morgan fingerprint density at radius 1 is 1.47 bits per heavy atom. The quantitative estimate of drug-likeness (QED) is 0.511. The Hall–Kier alpha value is -1.24. The summed E-state index contributed by atoms with van der Waals surface area (Å²) in [5.41, 5.74) is 3.27. The summed E-state index contributed by atoms with van der Waals surface area (Å²) < 4.78 is 10.4. The maximum absolute atomic E-state index is 5.42. The van der Waals surface area contributed by atoms with E-state index in [9.17, 15) is 0 Å². The topological polar surface area (TPSA) is 82.3 Å². The molecular formula is C9H16N4O2. The molecule has 6 nitrogen and oxygen atoms in total. The van der Waals surface area contributed by atoms with E-state index in [1.807, 2.05) is 6.92 Å². The number of ether oxygens (including phenoxy) is 2. The smallest absolute Gasteiger partial charge is 0.237 e. The Bertz CT molecular complexity index is 295. The maximum atomic E-state index is 5.42. The van der Waals surface area contributed by atoms with E-state index in [4.69, 9.17) is 15.3 Å². The van der Waals surface area contributed by atoms with Crippen LogP contribution in [0.2, 0.25) is 0 Å². The Labute approximate surface area is 88.8 Å². The van der Waals surface area contributed by atoms with Gasteiger partial charge in [0, 0.05) is 19.0 Å². The van der Waals surface area contributed by atoms with Crippen LogP contribution in [-0.2, 0) is 4.74 Å². The largest absolute Gasteiger partial charge is 0.480 e. The normalized spacial score (nSPS) is 12.5. The highest BCUT2D eigenvalue weighted by atomic mass is 16.5. The van der Waals surface area contributed by atoms with E-state index in [1.54, 1.807) is 19.5 Å². The van der Waals surface area contributed by atoms with Gasteiger partial charge >= 0.3 is 0 Å². The molecule has 0 bridgehead atoms. The van der Waals surface area contributed by atoms with E-state index in [1.165, 1.54) is 0 Å². The zero-order chi connectivity index (χ0) is 11.1. The molecule has 0 saturated heterocycles. The molecule has 0 saturated carbocycles. The molecule has 0 amide bonds. The van der Waals surface area contributed by atoms with E-state index < -0.39 is 0 Å². The zero-order valence-corrected chi connectivity index (χ0v) is 8.93. The van der Waals surface area contributed by atoms with Crippen molar-refractivity contribution in [3.8, 4) is 5.88 Å². The molecule has 0 fully saturated rings. The highest BCUT2D eigenvalue weighted by Gasteiger charge is 2.16. The fraction of sp³-hybridized carbons (Fsp3) is 0.556. The number of nitrogens with two attached hydrogens (primary N) is 1. The molecule has 1 rings (SSSR count). The first-order valence-corrected chi connectivity index (χ1v) is 4.72. The van der Waals surface area contributed by atoms with E-state index in [2.05, 4.69) is 15.4 Å². The number of methoxy groups -OCH3 is 1. The van der Waals surface area contributed by atoms with Crippen LogP contribution in [0.5, 0.6) is 5.88 Å². The van der Waals surface area contributed by atoms with Gasteiger partial charge in [0.2, 0.25) is 5.88 Å². The predicted molar refractivity (Wildman–Crippen MR) is 55.1 cm³/mol. The molecule has 1 aromatic heterocycles. The lowest BCUT2D eigenvalue weighted by atomic mass is 10.2. The lowest BCUT2D eigenvalue weighted by molar-refractivity contribution is 0.120. The second-order valence-electron chi connectivity index (χ2n) is 2.83. The average Bonchev–Trinajstić information content (AvgIpc) is 2.30. The van der Waals surface area contributed by atoms with Crippen molar-refractivity contribution >= 4 is 0 Å². The van der Waals surface area contributed by atoms with Crippen molar-refractivity contribution in [3.63, 3.8) is 0 Å². The van der Waals surface area contributed by atoms with Gasteiger partial charge in [0.05, 0.1) is 19.8 Å². The van der Waals surface area contributed by atoms with Crippen molar-refractivity contribution in [3.05, 3.63) is 18.1 Å². The van der Waals surface area contributed by atoms with Gasteiger partial charge in [0.1, 0.15) is 5.69 Å². The van der Waals surface area contributed by atoms with Crippen molar-refractivity contribution in [1.82, 2.24) is 15.4 Å². The molecule has 0 spiro atoms. The summed E-state index contributed by atoms with van der Waals surface area (Å²) in [6.45, 7) is 2.98. The van der Waals surface area contributed by atoms with Crippen molar-refractivity contribution in [2.24, 2.45) is 5.84 Å². The highest BCUT2D eigenvalue weighted by molar-refractivity contribution is 5.20. The average molecular weight is 212 g/mol. The monoisotopic (exact) mass is 212 g/mol. The van der Waals surface area contributed by atoms with Crippen molar-refractivity contribution in [1.29, 1.82) is 0 Å². The van der Waals surface area contributed by atoms with Gasteiger partial charge in [0.25, 0.3) is 0 Å². The van der Waals surface area contributed by atoms with Crippen molar-refractivity contribution in [2.75, 3.05) is 20.3 Å². The van der Waals surface area contributed by atoms with E-state index in [0.29, 0.717) is 24.8 Å². The number of hydrazine groups is 1. The van der Waals surface area contributed by atoms with E-state index in [0.717, 1.165) is 0 Å². The van der Waals surface area contributed by atoms with Crippen LogP contribution in [-0.4, -0.2) is 30.3 Å². The number of hydrogen-bond donors (Lipinski definition) is 2. The number of nitrogens with one attached hydrogen (secondary N) is 1. The standard InChI is InChI=1S/C9H16N4O2/c1-3-15-6-7(13-10)8-9(14-2)12-5-4-11-8/h4-5,7,13H,3,6,10H2,1-2H3. The first kappa shape index (κ1) is 11.8. The number of aromatic nitrogens is 2. The third kappa shape index (κ3) is 3.12. The molecule has 1 atom stereocenters. The zero-order valence-electron chi connectivity index (χ0n) is 8.93. The molecule has 0 aliphatic rings. The Balaban J connectivity index is 2.80. The van der Waals surface area contributed by atoms with Gasteiger partial charge < -0.3 is 9.47 Å². The number of hydrogen-bond acceptors (Lipinski definition) is 6. The van der Waals surface area contributed by atoms with Crippen LogP contribution in [0.3, 0.4) is 0 Å². The van der Waals surface area contributed by atoms with Crippen LogP contribution >= 0.6 is 0 Å². The molecule has 15 heavy (non-hydrogen) atoms. The van der Waals surface area contributed by atoms with Gasteiger partial charge in [-0.05, 0) is 6.92 Å². The lowest BCUT2D eigenvalue weighted by Gasteiger charge is -2.16. The third-order valence-electron chi connectivity index (χ3n) is 1.90. The molecule has 0 aliphatic heterocycles. The maximum Gasteiger partial charge on any atom is 0.237 e. The van der Waals surface area contributed by atoms with E-state index >= 15 is 0 Å². The summed E-state index contributed by atoms with van der Waals surface area (Å²) in [4.78, 5) is 8.20. The van der Waals surface area contributed by atoms with Crippen molar-refractivity contribution in [2.45, 2.75) is 13.0 Å². The third-order valence-corrected chi connectivity index (χ3v) is 1.90. The molecule has 6 heteroatoms. The van der Waals surface area contributed by atoms with Crippen molar-refractivity contribution < 1.29 is 9.47 Å². The summed E-state index contributed by atoms with van der Waals surface area (Å²) in [5.74, 6) is 5.87. The molecule has 84 valence electrons. The van der Waals surface area contributed by atoms with Gasteiger partial charge in [-0.25, -0.2) is 10.4 Å². The van der Waals surface area contributed by atoms with Gasteiger partial charge in [-0.3, -0.25) is 10.8 Å². The van der Waals surface area contributed by atoms with Gasteiger partial charge in [-0.15, -0.1) is 0 Å². The van der Waals surface area contributed by atoms with Crippen LogP contribution < -0.4 is 16.0 Å². The number of nitrogens with zero attached hydrogens (tertiary/aromatic N) is 2. The summed E-state index contributed by atoms with van der Waals surface area (Å²) >= 11 is 0. The molecule has 1 unspecified atom stereocenters. The number of rotatable bonds is 6. The fourth-order valence-electron chi connectivity index (χ4n) is 1.17. The fourth-order valence-corrected chi connectivity index (χ4v) is 1.17. The molecule has 3 N–H and O–H groups in total. The second kappa shape index (κ2) is 6.28. The lowest BCUT2D eigenvalue weighted by Crippen LogP contribution is -2.32. The minimum Gasteiger partial charge on any atom is -0.480 e. The molecule has 0 aromatic carbocycles. The summed E-state index contributed by atoms with van der Waals surface area (Å²) in [6, 6.07) is -0.214. The van der Waals surface area contributed by atoms with Gasteiger partial charge in [-0.1, -0.05) is 0 Å². The molecule has 0 aliphatic carbocycles. The summed E-state index contributed by atoms with van der Waals surface area (Å²) in [7, 11) is 1.54. The molecule has 1 heterocycles. The SMILES string of the molecule is CCOCC(NN)c1nccnc1OC. The molecular weight excluding hydrogens is 196 g/mol. The Kier molecular flexibility index (Phi) is 4.96. The van der Waals surface area contributed by atoms with Gasteiger partial charge in [-0.2, -0.15) is 0 Å². The first-order valence-electron chi connectivity index (χ1n) is 4.72. The minimum atomic E-state index is -0.214. The minimum absolute atomic E-state index is 0.214. The van der Waals surface area contributed by atoms with Gasteiger partial charge in [0.15, 0.2) is 0 Å². The van der Waals surface area contributed by atoms with Crippen LogP contribution in [0.1, 0.15) is 18.7 Å². The Morgan fingerprint density at radius 2 is 2.20 bits per heavy atom.